The third-order valence-corrected chi connectivity index (χ3v) is 3.52. The highest BCUT2D eigenvalue weighted by Gasteiger charge is 2.21. The van der Waals surface area contributed by atoms with Crippen molar-refractivity contribution < 1.29 is 4.79 Å². The molecule has 3 heterocycles. The van der Waals surface area contributed by atoms with E-state index in [1.807, 2.05) is 48.7 Å². The predicted molar refractivity (Wildman–Crippen MR) is 85.2 cm³/mol. The molecule has 0 aliphatic carbocycles. The molecule has 0 spiro atoms. The third-order valence-electron chi connectivity index (χ3n) is 3.52. The summed E-state index contributed by atoms with van der Waals surface area (Å²) in [5.41, 5.74) is 2.97. The molecule has 0 fully saturated rings. The molecular weight excluding hydrogens is 276 g/mol. The highest BCUT2D eigenvalue weighted by molar-refractivity contribution is 6.20. The molecule has 1 amide bonds. The topological polar surface area (TPSA) is 70.1 Å². The van der Waals surface area contributed by atoms with Crippen molar-refractivity contribution in [2.45, 2.75) is 0 Å². The first-order chi connectivity index (χ1) is 10.8. The van der Waals surface area contributed by atoms with Crippen molar-refractivity contribution in [2.75, 3.05) is 0 Å². The number of amidine groups is 1. The minimum absolute atomic E-state index is 0.197. The van der Waals surface area contributed by atoms with E-state index in [2.05, 4.69) is 20.3 Å². The number of pyridine rings is 1. The number of aliphatic imine (C=N–C) groups is 1. The molecule has 0 saturated carbocycles. The second kappa shape index (κ2) is 4.96. The van der Waals surface area contributed by atoms with Gasteiger partial charge in [-0.3, -0.25) is 4.79 Å². The van der Waals surface area contributed by atoms with Crippen molar-refractivity contribution >= 4 is 28.9 Å². The fourth-order valence-corrected chi connectivity index (χ4v) is 2.45. The van der Waals surface area contributed by atoms with Gasteiger partial charge in [0.05, 0.1) is 0 Å². The number of H-pyrrole nitrogens is 1. The molecule has 0 bridgehead atoms. The van der Waals surface area contributed by atoms with Crippen LogP contribution in [-0.4, -0.2) is 21.7 Å². The molecule has 0 atom stereocenters. The van der Waals surface area contributed by atoms with Crippen molar-refractivity contribution in [1.29, 1.82) is 0 Å². The second-order valence-electron chi connectivity index (χ2n) is 4.95. The lowest BCUT2D eigenvalue weighted by Gasteiger charge is -1.98. The fourth-order valence-electron chi connectivity index (χ4n) is 2.45. The molecule has 3 aromatic rings. The van der Waals surface area contributed by atoms with Crippen molar-refractivity contribution in [3.63, 3.8) is 0 Å². The molecule has 1 aliphatic rings. The number of nitrogens with zero attached hydrogens (tertiary/aromatic N) is 2. The minimum atomic E-state index is -0.197. The summed E-state index contributed by atoms with van der Waals surface area (Å²) in [5.74, 6) is 0.381. The van der Waals surface area contributed by atoms with E-state index in [-0.39, 0.29) is 5.91 Å². The summed E-state index contributed by atoms with van der Waals surface area (Å²) in [6.45, 7) is 0. The van der Waals surface area contributed by atoms with Gasteiger partial charge in [0, 0.05) is 28.9 Å². The van der Waals surface area contributed by atoms with E-state index in [0.29, 0.717) is 11.5 Å². The van der Waals surface area contributed by atoms with Gasteiger partial charge in [0.2, 0.25) is 0 Å². The molecule has 1 aliphatic heterocycles. The number of nitrogens with one attached hydrogen (secondary N) is 2. The molecular formula is C17H12N4O. The predicted octanol–water partition coefficient (Wildman–Crippen LogP) is 2.48. The van der Waals surface area contributed by atoms with Gasteiger partial charge in [0.15, 0.2) is 0 Å². The Morgan fingerprint density at radius 1 is 1.05 bits per heavy atom. The molecule has 4 rings (SSSR count). The maximum absolute atomic E-state index is 12.1. The number of hydrogen-bond acceptors (Lipinski definition) is 3. The lowest BCUT2D eigenvalue weighted by atomic mass is 10.2. The Kier molecular flexibility index (Phi) is 2.83. The zero-order chi connectivity index (χ0) is 14.9. The van der Waals surface area contributed by atoms with Gasteiger partial charge < -0.3 is 10.3 Å². The number of aromatic nitrogens is 2. The lowest BCUT2D eigenvalue weighted by molar-refractivity contribution is -0.115. The number of carbonyl (C=O) groups excluding carboxylic acids is 1. The van der Waals surface area contributed by atoms with E-state index in [9.17, 15) is 4.79 Å². The van der Waals surface area contributed by atoms with Crippen LogP contribution in [0.4, 0.5) is 0 Å². The number of hydrogen-bond donors (Lipinski definition) is 2. The third kappa shape index (κ3) is 2.09. The summed E-state index contributed by atoms with van der Waals surface area (Å²) in [5, 5.41) is 3.76. The van der Waals surface area contributed by atoms with Crippen LogP contribution in [0.2, 0.25) is 0 Å². The summed E-state index contributed by atoms with van der Waals surface area (Å²) >= 11 is 0. The van der Waals surface area contributed by atoms with Crippen molar-refractivity contribution in [2.24, 2.45) is 4.99 Å². The summed E-state index contributed by atoms with van der Waals surface area (Å²) in [7, 11) is 0. The highest BCUT2D eigenvalue weighted by Crippen LogP contribution is 2.21. The Morgan fingerprint density at radius 3 is 2.77 bits per heavy atom. The number of amides is 1. The van der Waals surface area contributed by atoms with Crippen molar-refractivity contribution in [3.8, 4) is 0 Å². The molecule has 2 aromatic heterocycles. The lowest BCUT2D eigenvalue weighted by Crippen LogP contribution is -2.24. The zero-order valence-electron chi connectivity index (χ0n) is 11.6. The van der Waals surface area contributed by atoms with Crippen LogP contribution in [0.25, 0.3) is 17.1 Å². The van der Waals surface area contributed by atoms with E-state index < -0.39 is 0 Å². The SMILES string of the molecule is O=C1NC(c2ccccc2)=N/C1=C/c1c[nH]c2ncccc12. The first kappa shape index (κ1) is 12.5. The molecule has 2 N–H and O–H groups in total. The maximum atomic E-state index is 12.1. The van der Waals surface area contributed by atoms with E-state index in [0.717, 1.165) is 22.2 Å². The normalized spacial score (nSPS) is 16.1. The maximum Gasteiger partial charge on any atom is 0.275 e. The van der Waals surface area contributed by atoms with Crippen LogP contribution in [0.15, 0.2) is 65.5 Å². The van der Waals surface area contributed by atoms with Crippen LogP contribution in [0, 0.1) is 0 Å². The molecule has 106 valence electrons. The standard InChI is InChI=1S/C17H12N4O/c22-17-14(20-15(21-17)11-5-2-1-3-6-11)9-12-10-19-16-13(12)7-4-8-18-16/h1-10H,(H,18,19)(H,20,21,22)/b14-9+. The van der Waals surface area contributed by atoms with Gasteiger partial charge in [0.1, 0.15) is 17.2 Å². The molecule has 1 aromatic carbocycles. The number of fused-ring (bicyclic) bond motifs is 1. The average molecular weight is 288 g/mol. The van der Waals surface area contributed by atoms with Crippen LogP contribution in [-0.2, 0) is 4.79 Å². The Balaban J connectivity index is 1.76. The van der Waals surface area contributed by atoms with Crippen LogP contribution < -0.4 is 5.32 Å². The summed E-state index contributed by atoms with van der Waals surface area (Å²) in [4.78, 5) is 23.8. The number of aromatic amines is 1. The molecule has 0 saturated heterocycles. The van der Waals surface area contributed by atoms with Gasteiger partial charge in [0.25, 0.3) is 5.91 Å². The first-order valence-corrected chi connectivity index (χ1v) is 6.90. The summed E-state index contributed by atoms with van der Waals surface area (Å²) < 4.78 is 0. The number of carbonyl (C=O) groups is 1. The Hall–Kier alpha value is -3.21. The molecule has 22 heavy (non-hydrogen) atoms. The van der Waals surface area contributed by atoms with E-state index in [1.54, 1.807) is 12.3 Å². The Bertz CT molecular complexity index is 922. The Labute approximate surface area is 126 Å². The van der Waals surface area contributed by atoms with E-state index >= 15 is 0 Å². The second-order valence-corrected chi connectivity index (χ2v) is 4.95. The van der Waals surface area contributed by atoms with Crippen molar-refractivity contribution in [1.82, 2.24) is 15.3 Å². The van der Waals surface area contributed by atoms with Gasteiger partial charge in [-0.15, -0.1) is 0 Å². The smallest absolute Gasteiger partial charge is 0.275 e. The van der Waals surface area contributed by atoms with Gasteiger partial charge in [-0.25, -0.2) is 9.98 Å². The Morgan fingerprint density at radius 2 is 1.91 bits per heavy atom. The first-order valence-electron chi connectivity index (χ1n) is 6.90. The number of benzene rings is 1. The van der Waals surface area contributed by atoms with Gasteiger partial charge in [-0.05, 0) is 18.2 Å². The molecule has 0 unspecified atom stereocenters. The van der Waals surface area contributed by atoms with E-state index in [1.165, 1.54) is 0 Å². The monoisotopic (exact) mass is 288 g/mol. The van der Waals surface area contributed by atoms with Crippen LogP contribution in [0.3, 0.4) is 0 Å². The van der Waals surface area contributed by atoms with Gasteiger partial charge in [-0.1, -0.05) is 30.3 Å². The van der Waals surface area contributed by atoms with Crippen molar-refractivity contribution in [3.05, 3.63) is 71.7 Å². The average Bonchev–Trinajstić information content (AvgIpc) is 3.13. The minimum Gasteiger partial charge on any atom is -0.346 e. The largest absolute Gasteiger partial charge is 0.346 e. The zero-order valence-corrected chi connectivity index (χ0v) is 11.6. The van der Waals surface area contributed by atoms with Gasteiger partial charge >= 0.3 is 0 Å². The summed E-state index contributed by atoms with van der Waals surface area (Å²) in [6.07, 6.45) is 5.32. The quantitative estimate of drug-likeness (QED) is 0.711. The van der Waals surface area contributed by atoms with Crippen LogP contribution in [0.5, 0.6) is 0 Å². The van der Waals surface area contributed by atoms with Crippen LogP contribution in [0.1, 0.15) is 11.1 Å². The fraction of sp³-hybridized carbons (Fsp3) is 0. The van der Waals surface area contributed by atoms with E-state index in [4.69, 9.17) is 0 Å². The molecule has 5 heteroatoms. The highest BCUT2D eigenvalue weighted by atomic mass is 16.2. The van der Waals surface area contributed by atoms with Crippen LogP contribution >= 0.6 is 0 Å². The molecule has 5 nitrogen and oxygen atoms in total. The number of rotatable bonds is 2. The summed E-state index contributed by atoms with van der Waals surface area (Å²) in [6, 6.07) is 13.4. The molecule has 0 radical (unpaired) electrons. The van der Waals surface area contributed by atoms with Gasteiger partial charge in [-0.2, -0.15) is 0 Å².